The summed E-state index contributed by atoms with van der Waals surface area (Å²) in [5.74, 6) is -2.36. The van der Waals surface area contributed by atoms with E-state index in [4.69, 9.17) is 14.7 Å². The van der Waals surface area contributed by atoms with Crippen LogP contribution in [0.1, 0.15) is 62.6 Å². The van der Waals surface area contributed by atoms with Crippen LogP contribution < -0.4 is 25.2 Å². The Balaban J connectivity index is 0.000000254. The van der Waals surface area contributed by atoms with Crippen LogP contribution in [-0.4, -0.2) is 116 Å². The zero-order valence-corrected chi connectivity index (χ0v) is 36.5. The van der Waals surface area contributed by atoms with Gasteiger partial charge in [0.1, 0.15) is 29.5 Å². The first-order chi connectivity index (χ1) is 32.4. The third kappa shape index (κ3) is 12.3. The van der Waals surface area contributed by atoms with E-state index in [0.717, 1.165) is 12.1 Å². The summed E-state index contributed by atoms with van der Waals surface area (Å²) in [7, 11) is 1.48. The van der Waals surface area contributed by atoms with Gasteiger partial charge < -0.3 is 44.4 Å². The van der Waals surface area contributed by atoms with E-state index in [0.29, 0.717) is 22.7 Å². The van der Waals surface area contributed by atoms with Crippen LogP contribution in [0, 0.1) is 34.0 Å². The second-order valence-corrected chi connectivity index (χ2v) is 14.4. The first-order valence-corrected chi connectivity index (χ1v) is 20.5. The summed E-state index contributed by atoms with van der Waals surface area (Å²) < 4.78 is 96.3. The number of benzene rings is 2. The standard InChI is InChI=1S/C22H19F3N6O3.C22H22F3N5O4/c1-2-34-20(32)17-11-15(13-27)19(29-18(17)22(23,24)25)30-6-8-31(9-7-30)21(33)28-16-5-3-4-14(10-16)12-26;1-3-34-20(31)15-12-14(13-26)19(28-18(15)22(23,24)25)29-8-10-30(11-9-29)21(32)27-16-6-4-5-7-17(16)33-2/h3-5,10-11H,2,6-9H2,1H3,(H,28,33);4-7,12H,3,8-11H2,1-2H3,(H,27,32). The number of ether oxygens (including phenoxy) is 3. The molecule has 24 heteroatoms. The molecule has 0 saturated carbocycles. The molecule has 2 aromatic heterocycles. The van der Waals surface area contributed by atoms with Crippen molar-refractivity contribution in [2.45, 2.75) is 26.2 Å². The molecule has 0 radical (unpaired) electrons. The van der Waals surface area contributed by atoms with Gasteiger partial charge in [-0.3, -0.25) is 0 Å². The van der Waals surface area contributed by atoms with Crippen LogP contribution in [0.25, 0.3) is 0 Å². The van der Waals surface area contributed by atoms with Crippen molar-refractivity contribution >= 4 is 47.0 Å². The maximum Gasteiger partial charge on any atom is 0.434 e. The lowest BCUT2D eigenvalue weighted by atomic mass is 10.1. The fourth-order valence-electron chi connectivity index (χ4n) is 6.87. The minimum Gasteiger partial charge on any atom is -0.495 e. The van der Waals surface area contributed by atoms with Crippen molar-refractivity contribution in [2.75, 3.05) is 93.1 Å². The molecule has 2 aliphatic rings. The molecule has 0 unspecified atom stereocenters. The number of esters is 2. The summed E-state index contributed by atoms with van der Waals surface area (Å²) in [4.78, 5) is 62.4. The van der Waals surface area contributed by atoms with Gasteiger partial charge in [-0.1, -0.05) is 18.2 Å². The molecule has 4 amide bonds. The Morgan fingerprint density at radius 3 is 1.50 bits per heavy atom. The number of rotatable bonds is 9. The number of alkyl halides is 6. The SMILES string of the molecule is CCOC(=O)c1cc(C#N)c(N2CCN(C(=O)Nc3cccc(C#N)c3)CC2)nc1C(F)(F)F.CCOC(=O)c1cc(C#N)c(N2CCN(C(=O)Nc3ccccc3OC)CC2)nc1C(F)(F)F. The van der Waals surface area contributed by atoms with Gasteiger partial charge in [0.05, 0.1) is 59.9 Å². The van der Waals surface area contributed by atoms with E-state index < -0.39 is 58.9 Å². The zero-order chi connectivity index (χ0) is 49.8. The number of hydrogen-bond acceptors (Lipinski definition) is 14. The first kappa shape index (κ1) is 50.7. The summed E-state index contributed by atoms with van der Waals surface area (Å²) in [6.45, 7) is 3.80. The number of urea groups is 2. The summed E-state index contributed by atoms with van der Waals surface area (Å²) in [6, 6.07) is 19.7. The number of para-hydroxylation sites is 2. The number of anilines is 4. The first-order valence-electron chi connectivity index (χ1n) is 20.5. The monoisotopic (exact) mass is 949 g/mol. The number of aromatic nitrogens is 2. The molecule has 2 aliphatic heterocycles. The molecule has 2 aromatic carbocycles. The zero-order valence-electron chi connectivity index (χ0n) is 36.5. The van der Waals surface area contributed by atoms with Gasteiger partial charge in [-0.25, -0.2) is 29.1 Å². The molecule has 2 saturated heterocycles. The smallest absolute Gasteiger partial charge is 0.434 e. The molecule has 356 valence electrons. The molecular formula is C44H41F6N11O7. The Bertz CT molecular complexity index is 2650. The van der Waals surface area contributed by atoms with Crippen molar-refractivity contribution in [3.05, 3.63) is 99.9 Å². The van der Waals surface area contributed by atoms with Gasteiger partial charge in [0, 0.05) is 58.0 Å². The Morgan fingerprint density at radius 2 is 1.09 bits per heavy atom. The van der Waals surface area contributed by atoms with Crippen LogP contribution in [0.2, 0.25) is 0 Å². The van der Waals surface area contributed by atoms with Gasteiger partial charge in [0.15, 0.2) is 11.4 Å². The summed E-state index contributed by atoms with van der Waals surface area (Å²) in [6.07, 6.45) is -9.87. The number of halogens is 6. The third-order valence-corrected chi connectivity index (χ3v) is 10.1. The highest BCUT2D eigenvalue weighted by atomic mass is 19.4. The van der Waals surface area contributed by atoms with Crippen LogP contribution in [0.3, 0.4) is 0 Å². The van der Waals surface area contributed by atoms with Gasteiger partial charge in [0.25, 0.3) is 0 Å². The lowest BCUT2D eigenvalue weighted by molar-refractivity contribution is -0.142. The number of hydrogen-bond donors (Lipinski definition) is 2. The molecule has 18 nitrogen and oxygen atoms in total. The number of nitrogens with zero attached hydrogens (tertiary/aromatic N) is 9. The predicted molar refractivity (Wildman–Crippen MR) is 230 cm³/mol. The second-order valence-electron chi connectivity index (χ2n) is 14.4. The number of amides is 4. The largest absolute Gasteiger partial charge is 0.495 e. The molecule has 68 heavy (non-hydrogen) atoms. The molecule has 0 aliphatic carbocycles. The maximum absolute atomic E-state index is 13.6. The van der Waals surface area contributed by atoms with E-state index in [-0.39, 0.29) is 88.3 Å². The quantitative estimate of drug-likeness (QED) is 0.129. The average molecular weight is 950 g/mol. The van der Waals surface area contributed by atoms with E-state index in [1.807, 2.05) is 6.07 Å². The van der Waals surface area contributed by atoms with Crippen LogP contribution >= 0.6 is 0 Å². The Morgan fingerprint density at radius 1 is 0.632 bits per heavy atom. The van der Waals surface area contributed by atoms with Crippen molar-refractivity contribution in [1.29, 1.82) is 15.8 Å². The van der Waals surface area contributed by atoms with Gasteiger partial charge in [0.2, 0.25) is 0 Å². The lowest BCUT2D eigenvalue weighted by Crippen LogP contribution is -2.50. The number of piperazine rings is 2. The van der Waals surface area contributed by atoms with Crippen LogP contribution in [0.15, 0.2) is 60.7 Å². The van der Waals surface area contributed by atoms with E-state index in [9.17, 15) is 56.0 Å². The van der Waals surface area contributed by atoms with Gasteiger partial charge >= 0.3 is 36.4 Å². The highest BCUT2D eigenvalue weighted by molar-refractivity contribution is 5.93. The molecular weight excluding hydrogens is 909 g/mol. The maximum atomic E-state index is 13.6. The summed E-state index contributed by atoms with van der Waals surface area (Å²) in [5, 5.41) is 33.4. The number of carbonyl (C=O) groups is 4. The Labute approximate surface area is 384 Å². The fraction of sp³-hybridized carbons (Fsp3) is 0.341. The van der Waals surface area contributed by atoms with Gasteiger partial charge in [-0.05, 0) is 56.3 Å². The summed E-state index contributed by atoms with van der Waals surface area (Å²) >= 11 is 0. The second kappa shape index (κ2) is 22.2. The summed E-state index contributed by atoms with van der Waals surface area (Å²) in [5.41, 5.74) is -3.60. The Hall–Kier alpha value is -8.33. The molecule has 2 N–H and O–H groups in total. The minimum atomic E-state index is -4.94. The van der Waals surface area contributed by atoms with E-state index in [2.05, 4.69) is 25.3 Å². The fourth-order valence-corrected chi connectivity index (χ4v) is 6.87. The number of nitriles is 3. The molecule has 0 spiro atoms. The molecule has 2 fully saturated rings. The minimum absolute atomic E-state index is 0.114. The van der Waals surface area contributed by atoms with Crippen molar-refractivity contribution in [1.82, 2.24) is 19.8 Å². The lowest BCUT2D eigenvalue weighted by Gasteiger charge is -2.36. The number of carbonyl (C=O) groups excluding carboxylic acids is 4. The topological polar surface area (TPSA) is 230 Å². The third-order valence-electron chi connectivity index (χ3n) is 10.1. The Kier molecular flexibility index (Phi) is 16.6. The van der Waals surface area contributed by atoms with E-state index >= 15 is 0 Å². The van der Waals surface area contributed by atoms with Gasteiger partial charge in [-0.15, -0.1) is 0 Å². The highest BCUT2D eigenvalue weighted by Crippen LogP contribution is 2.36. The van der Waals surface area contributed by atoms with E-state index in [1.54, 1.807) is 54.6 Å². The number of methoxy groups -OCH3 is 1. The van der Waals surface area contributed by atoms with Crippen molar-refractivity contribution in [3.8, 4) is 24.0 Å². The predicted octanol–water partition coefficient (Wildman–Crippen LogP) is 6.89. The van der Waals surface area contributed by atoms with Crippen LogP contribution in [0.5, 0.6) is 5.75 Å². The highest BCUT2D eigenvalue weighted by Gasteiger charge is 2.41. The number of nitrogens with one attached hydrogen (secondary N) is 2. The molecule has 4 aromatic rings. The normalized spacial score (nSPS) is 13.7. The average Bonchev–Trinajstić information content (AvgIpc) is 3.33. The van der Waals surface area contributed by atoms with Gasteiger partial charge in [-0.2, -0.15) is 42.1 Å². The van der Waals surface area contributed by atoms with Crippen molar-refractivity contribution in [3.63, 3.8) is 0 Å². The van der Waals surface area contributed by atoms with Crippen molar-refractivity contribution in [2.24, 2.45) is 0 Å². The molecule has 0 bridgehead atoms. The molecule has 4 heterocycles. The molecule has 0 atom stereocenters. The van der Waals surface area contributed by atoms with Crippen LogP contribution in [0.4, 0.5) is 58.9 Å². The van der Waals surface area contributed by atoms with Crippen molar-refractivity contribution < 1.29 is 59.7 Å². The molecule has 6 rings (SSSR count). The number of pyridine rings is 2. The van der Waals surface area contributed by atoms with E-state index in [1.165, 1.54) is 46.6 Å². The van der Waals surface area contributed by atoms with Crippen LogP contribution in [-0.2, 0) is 21.8 Å².